The van der Waals surface area contributed by atoms with Crippen LogP contribution in [0.4, 0.5) is 0 Å². The molecule has 0 aromatic carbocycles. The van der Waals surface area contributed by atoms with Crippen LogP contribution in [-0.4, -0.2) is 36.4 Å². The molecule has 0 fully saturated rings. The van der Waals surface area contributed by atoms with Crippen LogP contribution in [0.3, 0.4) is 0 Å². The van der Waals surface area contributed by atoms with Crippen LogP contribution in [0, 0.1) is 0 Å². The van der Waals surface area contributed by atoms with Gasteiger partial charge in [-0.25, -0.2) is 0 Å². The Hall–Kier alpha value is -2.14. The molecule has 5 nitrogen and oxygen atoms in total. The van der Waals surface area contributed by atoms with Gasteiger partial charge >= 0.3 is 11.9 Å². The Bertz CT molecular complexity index is 888. The Morgan fingerprint density at radius 3 is 1.23 bits per heavy atom. The summed E-state index contributed by atoms with van der Waals surface area (Å²) in [5.74, 6) is -0.600. The molecule has 0 bridgehead atoms. The van der Waals surface area contributed by atoms with E-state index in [9.17, 15) is 14.7 Å². The van der Waals surface area contributed by atoms with Gasteiger partial charge in [0.1, 0.15) is 6.61 Å². The Balaban J connectivity index is 3.53. The van der Waals surface area contributed by atoms with E-state index in [1.807, 2.05) is 0 Å². The van der Waals surface area contributed by atoms with E-state index in [1.165, 1.54) is 128 Å². The standard InChI is InChI=1S/C48H86O5/c1-3-5-7-9-11-13-15-17-19-21-23-25-26-28-30-32-34-36-38-40-42-47(50)52-45-46(44-49)53-48(51)43-41-39-37-35-33-31-29-27-24-22-20-18-16-14-12-10-8-6-4-2/h6,8,12,14,18,20,24,27,46,49H,3-5,7,9-11,13,15-17,19,21-23,25-26,28-45H2,1-2H3/b8-6-,14-12-,20-18-,27-24-. The second-order valence-corrected chi connectivity index (χ2v) is 15.1. The lowest BCUT2D eigenvalue weighted by Crippen LogP contribution is -2.28. The highest BCUT2D eigenvalue weighted by Gasteiger charge is 2.16. The highest BCUT2D eigenvalue weighted by atomic mass is 16.6. The molecule has 0 radical (unpaired) electrons. The van der Waals surface area contributed by atoms with Crippen LogP contribution in [-0.2, 0) is 19.1 Å². The number of carbonyl (C=O) groups excluding carboxylic acids is 2. The van der Waals surface area contributed by atoms with Gasteiger partial charge in [-0.2, -0.15) is 0 Å². The molecule has 0 aliphatic heterocycles. The number of esters is 2. The second-order valence-electron chi connectivity index (χ2n) is 15.1. The highest BCUT2D eigenvalue weighted by molar-refractivity contribution is 5.70. The van der Waals surface area contributed by atoms with Crippen LogP contribution >= 0.6 is 0 Å². The highest BCUT2D eigenvalue weighted by Crippen LogP contribution is 2.16. The fraction of sp³-hybridized carbons (Fsp3) is 0.792. The van der Waals surface area contributed by atoms with Gasteiger partial charge in [-0.15, -0.1) is 0 Å². The number of carbonyl (C=O) groups is 2. The van der Waals surface area contributed by atoms with Crippen LogP contribution < -0.4 is 0 Å². The summed E-state index contributed by atoms with van der Waals surface area (Å²) in [6.07, 6.45) is 56.1. The molecule has 0 aliphatic carbocycles. The van der Waals surface area contributed by atoms with Gasteiger partial charge in [-0.3, -0.25) is 9.59 Å². The molecule has 1 unspecified atom stereocenters. The Kier molecular flexibility index (Phi) is 42.5. The molecule has 0 spiro atoms. The Morgan fingerprint density at radius 1 is 0.453 bits per heavy atom. The molecular weight excluding hydrogens is 657 g/mol. The van der Waals surface area contributed by atoms with Crippen LogP contribution in [0.5, 0.6) is 0 Å². The second kappa shape index (κ2) is 44.3. The Labute approximate surface area is 328 Å². The fourth-order valence-electron chi connectivity index (χ4n) is 6.49. The number of rotatable bonds is 41. The Morgan fingerprint density at radius 2 is 0.811 bits per heavy atom. The summed E-state index contributed by atoms with van der Waals surface area (Å²) >= 11 is 0. The molecule has 0 aromatic heterocycles. The summed E-state index contributed by atoms with van der Waals surface area (Å²) < 4.78 is 10.6. The van der Waals surface area contributed by atoms with Crippen LogP contribution in [0.1, 0.15) is 226 Å². The maximum atomic E-state index is 12.2. The molecule has 0 saturated heterocycles. The molecule has 0 amide bonds. The molecule has 1 N–H and O–H groups in total. The summed E-state index contributed by atoms with van der Waals surface area (Å²) in [5.41, 5.74) is 0. The van der Waals surface area contributed by atoms with Gasteiger partial charge in [0.15, 0.2) is 6.10 Å². The minimum Gasteiger partial charge on any atom is -0.462 e. The number of hydrogen-bond acceptors (Lipinski definition) is 5. The van der Waals surface area contributed by atoms with Crippen molar-refractivity contribution in [3.05, 3.63) is 48.6 Å². The topological polar surface area (TPSA) is 72.8 Å². The van der Waals surface area contributed by atoms with E-state index in [-0.39, 0.29) is 25.2 Å². The summed E-state index contributed by atoms with van der Waals surface area (Å²) in [5, 5.41) is 9.59. The first-order chi connectivity index (χ1) is 26.1. The number of unbranched alkanes of at least 4 members (excludes halogenated alkanes) is 25. The van der Waals surface area contributed by atoms with E-state index >= 15 is 0 Å². The van der Waals surface area contributed by atoms with E-state index in [2.05, 4.69) is 62.5 Å². The quantitative estimate of drug-likeness (QED) is 0.0384. The van der Waals surface area contributed by atoms with Crippen LogP contribution in [0.15, 0.2) is 48.6 Å². The molecule has 1 atom stereocenters. The van der Waals surface area contributed by atoms with Crippen molar-refractivity contribution in [3.63, 3.8) is 0 Å². The van der Waals surface area contributed by atoms with Gasteiger partial charge < -0.3 is 14.6 Å². The van der Waals surface area contributed by atoms with Crippen molar-refractivity contribution < 1.29 is 24.2 Å². The lowest BCUT2D eigenvalue weighted by atomic mass is 10.0. The summed E-state index contributed by atoms with van der Waals surface area (Å²) in [4.78, 5) is 24.4. The first kappa shape index (κ1) is 50.9. The molecule has 0 aliphatic rings. The third-order valence-corrected chi connectivity index (χ3v) is 9.89. The SMILES string of the molecule is CC/C=C\C/C=C\C/C=C\C/C=C\CCCCCCCCC(=O)OC(CO)COC(=O)CCCCCCCCCCCCCCCCCCCCCC. The molecule has 0 aromatic rings. The van der Waals surface area contributed by atoms with Gasteiger partial charge in [0.05, 0.1) is 6.61 Å². The number of ether oxygens (including phenoxy) is 2. The summed E-state index contributed by atoms with van der Waals surface area (Å²) in [6, 6.07) is 0. The van der Waals surface area contributed by atoms with E-state index in [1.54, 1.807) is 0 Å². The largest absolute Gasteiger partial charge is 0.462 e. The van der Waals surface area contributed by atoms with Crippen molar-refractivity contribution in [2.45, 2.75) is 232 Å². The van der Waals surface area contributed by atoms with Crippen LogP contribution in [0.25, 0.3) is 0 Å². The normalized spacial score (nSPS) is 12.6. The third kappa shape index (κ3) is 42.5. The molecule has 0 rings (SSSR count). The van der Waals surface area contributed by atoms with Gasteiger partial charge in [0, 0.05) is 12.8 Å². The van der Waals surface area contributed by atoms with Gasteiger partial charge in [-0.05, 0) is 51.4 Å². The van der Waals surface area contributed by atoms with E-state index in [4.69, 9.17) is 9.47 Å². The van der Waals surface area contributed by atoms with Crippen molar-refractivity contribution in [3.8, 4) is 0 Å². The molecule has 5 heteroatoms. The van der Waals surface area contributed by atoms with Gasteiger partial charge in [0.2, 0.25) is 0 Å². The van der Waals surface area contributed by atoms with E-state index in [0.717, 1.165) is 70.6 Å². The molecule has 308 valence electrons. The van der Waals surface area contributed by atoms with Crippen molar-refractivity contribution in [1.29, 1.82) is 0 Å². The van der Waals surface area contributed by atoms with Crippen LogP contribution in [0.2, 0.25) is 0 Å². The zero-order valence-corrected chi connectivity index (χ0v) is 35.0. The number of hydrogen-bond donors (Lipinski definition) is 1. The summed E-state index contributed by atoms with van der Waals surface area (Å²) in [6.45, 7) is 4.03. The molecule has 0 saturated carbocycles. The van der Waals surface area contributed by atoms with E-state index < -0.39 is 6.10 Å². The predicted octanol–water partition coefficient (Wildman–Crippen LogP) is 14.6. The molecule has 0 heterocycles. The van der Waals surface area contributed by atoms with Crippen molar-refractivity contribution in [2.24, 2.45) is 0 Å². The average molecular weight is 743 g/mol. The van der Waals surface area contributed by atoms with Gasteiger partial charge in [0.25, 0.3) is 0 Å². The van der Waals surface area contributed by atoms with Crippen molar-refractivity contribution >= 4 is 11.9 Å². The maximum absolute atomic E-state index is 12.2. The van der Waals surface area contributed by atoms with Crippen molar-refractivity contribution in [2.75, 3.05) is 13.2 Å². The first-order valence-electron chi connectivity index (χ1n) is 22.7. The fourth-order valence-corrected chi connectivity index (χ4v) is 6.49. The first-order valence-corrected chi connectivity index (χ1v) is 22.7. The lowest BCUT2D eigenvalue weighted by molar-refractivity contribution is -0.161. The monoisotopic (exact) mass is 743 g/mol. The zero-order valence-electron chi connectivity index (χ0n) is 35.0. The summed E-state index contributed by atoms with van der Waals surface area (Å²) in [7, 11) is 0. The third-order valence-electron chi connectivity index (χ3n) is 9.89. The maximum Gasteiger partial charge on any atom is 0.306 e. The molecular formula is C48H86O5. The average Bonchev–Trinajstić information content (AvgIpc) is 3.16. The number of aliphatic hydroxyl groups is 1. The molecule has 53 heavy (non-hydrogen) atoms. The lowest BCUT2D eigenvalue weighted by Gasteiger charge is -2.15. The smallest absolute Gasteiger partial charge is 0.306 e. The minimum absolute atomic E-state index is 0.0699. The van der Waals surface area contributed by atoms with Crippen molar-refractivity contribution in [1.82, 2.24) is 0 Å². The minimum atomic E-state index is -0.778. The number of allylic oxidation sites excluding steroid dienone is 8. The number of aliphatic hydroxyl groups excluding tert-OH is 1. The predicted molar refractivity (Wildman–Crippen MR) is 228 cm³/mol. The van der Waals surface area contributed by atoms with E-state index in [0.29, 0.717) is 12.8 Å². The van der Waals surface area contributed by atoms with Gasteiger partial charge in [-0.1, -0.05) is 210 Å². The zero-order chi connectivity index (χ0) is 38.6.